The molecule has 0 unspecified atom stereocenters. The fourth-order valence-corrected chi connectivity index (χ4v) is 4.27. The Kier molecular flexibility index (Phi) is 3.65. The zero-order valence-corrected chi connectivity index (χ0v) is 15.0. The second kappa shape index (κ2) is 5.74. The van der Waals surface area contributed by atoms with Crippen LogP contribution in [0.3, 0.4) is 0 Å². The van der Waals surface area contributed by atoms with Crippen molar-refractivity contribution in [3.63, 3.8) is 0 Å². The molecule has 25 heavy (non-hydrogen) atoms. The van der Waals surface area contributed by atoms with Gasteiger partial charge in [-0.25, -0.2) is 8.42 Å². The lowest BCUT2D eigenvalue weighted by atomic mass is 9.91. The van der Waals surface area contributed by atoms with Gasteiger partial charge in [0.05, 0.1) is 11.9 Å². The van der Waals surface area contributed by atoms with Gasteiger partial charge in [-0.2, -0.15) is 0 Å². The van der Waals surface area contributed by atoms with Crippen LogP contribution < -0.4 is 4.72 Å². The van der Waals surface area contributed by atoms with Gasteiger partial charge in [0.15, 0.2) is 0 Å². The van der Waals surface area contributed by atoms with Crippen molar-refractivity contribution in [2.45, 2.75) is 13.3 Å². The van der Waals surface area contributed by atoms with E-state index < -0.39 is 10.0 Å². The van der Waals surface area contributed by atoms with Gasteiger partial charge in [0, 0.05) is 5.56 Å². The molecule has 0 spiro atoms. The van der Waals surface area contributed by atoms with E-state index in [1.165, 1.54) is 28.5 Å². The van der Waals surface area contributed by atoms with E-state index in [0.29, 0.717) is 5.69 Å². The average Bonchev–Trinajstić information content (AvgIpc) is 2.93. The minimum atomic E-state index is -3.34. The first-order valence-corrected chi connectivity index (χ1v) is 10.1. The van der Waals surface area contributed by atoms with Crippen molar-refractivity contribution in [3.8, 4) is 22.3 Å². The molecule has 1 N–H and O–H groups in total. The Bertz CT molecular complexity index is 1080. The second-order valence-corrected chi connectivity index (χ2v) is 8.29. The molecule has 4 rings (SSSR count). The van der Waals surface area contributed by atoms with E-state index in [4.69, 9.17) is 0 Å². The highest BCUT2D eigenvalue weighted by Gasteiger charge is 2.23. The summed E-state index contributed by atoms with van der Waals surface area (Å²) in [4.78, 5) is 0. The van der Waals surface area contributed by atoms with Crippen LogP contribution in [-0.4, -0.2) is 14.7 Å². The Morgan fingerprint density at radius 2 is 1.52 bits per heavy atom. The van der Waals surface area contributed by atoms with E-state index in [9.17, 15) is 8.42 Å². The molecule has 0 saturated heterocycles. The molecule has 0 amide bonds. The highest BCUT2D eigenvalue weighted by molar-refractivity contribution is 7.92. The maximum Gasteiger partial charge on any atom is 0.229 e. The number of benzene rings is 3. The first-order valence-electron chi connectivity index (χ1n) is 8.22. The molecular formula is C21H19NO2S. The summed E-state index contributed by atoms with van der Waals surface area (Å²) < 4.78 is 26.2. The van der Waals surface area contributed by atoms with Crippen LogP contribution in [0.4, 0.5) is 5.69 Å². The Balaban J connectivity index is 1.95. The summed E-state index contributed by atoms with van der Waals surface area (Å²) in [5.41, 5.74) is 8.92. The molecule has 0 aliphatic heterocycles. The molecule has 3 aromatic carbocycles. The van der Waals surface area contributed by atoms with Crippen LogP contribution in [-0.2, 0) is 16.4 Å². The largest absolute Gasteiger partial charge is 0.283 e. The fourth-order valence-electron chi connectivity index (χ4n) is 3.69. The molecule has 4 heteroatoms. The van der Waals surface area contributed by atoms with Crippen LogP contribution >= 0.6 is 0 Å². The number of fused-ring (bicyclic) bond motifs is 3. The van der Waals surface area contributed by atoms with Gasteiger partial charge in [-0.15, -0.1) is 0 Å². The van der Waals surface area contributed by atoms with Crippen LogP contribution in [0, 0.1) is 6.92 Å². The predicted octanol–water partition coefficient (Wildman–Crippen LogP) is 4.60. The van der Waals surface area contributed by atoms with Crippen LogP contribution in [0.1, 0.15) is 16.7 Å². The monoisotopic (exact) mass is 349 g/mol. The highest BCUT2D eigenvalue weighted by atomic mass is 32.2. The number of aryl methyl sites for hydroxylation is 1. The normalized spacial score (nSPS) is 12.6. The van der Waals surface area contributed by atoms with Gasteiger partial charge in [-0.1, -0.05) is 54.6 Å². The Labute approximate surface area is 148 Å². The van der Waals surface area contributed by atoms with Crippen molar-refractivity contribution < 1.29 is 8.42 Å². The van der Waals surface area contributed by atoms with Gasteiger partial charge in [0.2, 0.25) is 10.0 Å². The summed E-state index contributed by atoms with van der Waals surface area (Å²) in [5, 5.41) is 0. The molecule has 1 aliphatic carbocycles. The molecule has 126 valence electrons. The van der Waals surface area contributed by atoms with Crippen molar-refractivity contribution >= 4 is 15.7 Å². The second-order valence-electron chi connectivity index (χ2n) is 6.54. The highest BCUT2D eigenvalue weighted by Crippen LogP contribution is 2.44. The van der Waals surface area contributed by atoms with Gasteiger partial charge in [-0.05, 0) is 52.8 Å². The molecule has 0 saturated carbocycles. The molecular weight excluding hydrogens is 330 g/mol. The quantitative estimate of drug-likeness (QED) is 0.587. The van der Waals surface area contributed by atoms with Crippen molar-refractivity contribution in [2.75, 3.05) is 11.0 Å². The summed E-state index contributed by atoms with van der Waals surface area (Å²) in [5.74, 6) is 0. The van der Waals surface area contributed by atoms with E-state index in [2.05, 4.69) is 48.0 Å². The van der Waals surface area contributed by atoms with Gasteiger partial charge < -0.3 is 0 Å². The first kappa shape index (κ1) is 15.9. The number of rotatable bonds is 3. The van der Waals surface area contributed by atoms with E-state index in [0.717, 1.165) is 23.1 Å². The Morgan fingerprint density at radius 3 is 2.28 bits per heavy atom. The van der Waals surface area contributed by atoms with Crippen LogP contribution in [0.2, 0.25) is 0 Å². The van der Waals surface area contributed by atoms with E-state index in [1.807, 2.05) is 24.3 Å². The summed E-state index contributed by atoms with van der Waals surface area (Å²) in [6, 6.07) is 20.3. The topological polar surface area (TPSA) is 46.2 Å². The molecule has 1 aliphatic rings. The average molecular weight is 349 g/mol. The summed E-state index contributed by atoms with van der Waals surface area (Å²) in [6.45, 7) is 2.08. The van der Waals surface area contributed by atoms with Gasteiger partial charge in [0.1, 0.15) is 0 Å². The standard InChI is InChI=1S/C21H19NO2S/c1-14-11-12-17-16-8-4-3-7-15(16)13-19(17)21(14)18-9-5-6-10-20(18)22-25(2,23)24/h3-12,22H,13H2,1-2H3. The summed E-state index contributed by atoms with van der Waals surface area (Å²) >= 11 is 0. The van der Waals surface area contributed by atoms with Gasteiger partial charge in [-0.3, -0.25) is 4.72 Å². The SMILES string of the molecule is Cc1ccc2c(c1-c1ccccc1NS(C)(=O)=O)Cc1ccccc1-2. The van der Waals surface area contributed by atoms with E-state index >= 15 is 0 Å². The van der Waals surface area contributed by atoms with E-state index in [-0.39, 0.29) is 0 Å². The van der Waals surface area contributed by atoms with E-state index in [1.54, 1.807) is 0 Å². The van der Waals surface area contributed by atoms with Crippen molar-refractivity contribution in [3.05, 3.63) is 77.4 Å². The maximum absolute atomic E-state index is 11.8. The summed E-state index contributed by atoms with van der Waals surface area (Å²) in [7, 11) is -3.34. The first-order chi connectivity index (χ1) is 11.9. The zero-order chi connectivity index (χ0) is 17.6. The molecule has 0 atom stereocenters. The number of nitrogens with one attached hydrogen (secondary N) is 1. The van der Waals surface area contributed by atoms with Crippen molar-refractivity contribution in [2.24, 2.45) is 0 Å². The zero-order valence-electron chi connectivity index (χ0n) is 14.2. The molecule has 0 aromatic heterocycles. The van der Waals surface area contributed by atoms with Crippen LogP contribution in [0.15, 0.2) is 60.7 Å². The lowest BCUT2D eigenvalue weighted by molar-refractivity contribution is 0.607. The molecule has 0 heterocycles. The molecule has 0 fully saturated rings. The number of hydrogen-bond donors (Lipinski definition) is 1. The van der Waals surface area contributed by atoms with Crippen molar-refractivity contribution in [1.82, 2.24) is 0 Å². The third-order valence-corrected chi connectivity index (χ3v) is 5.28. The smallest absolute Gasteiger partial charge is 0.229 e. The van der Waals surface area contributed by atoms with Crippen LogP contribution in [0.5, 0.6) is 0 Å². The summed E-state index contributed by atoms with van der Waals surface area (Å²) in [6.07, 6.45) is 2.05. The lowest BCUT2D eigenvalue weighted by Crippen LogP contribution is -2.10. The number of sulfonamides is 1. The molecule has 0 bridgehead atoms. The lowest BCUT2D eigenvalue weighted by Gasteiger charge is -2.17. The molecule has 3 aromatic rings. The fraction of sp³-hybridized carbons (Fsp3) is 0.143. The van der Waals surface area contributed by atoms with Crippen molar-refractivity contribution in [1.29, 1.82) is 0 Å². The molecule has 0 radical (unpaired) electrons. The van der Waals surface area contributed by atoms with Crippen LogP contribution in [0.25, 0.3) is 22.3 Å². The Morgan fingerprint density at radius 1 is 0.840 bits per heavy atom. The number of hydrogen-bond acceptors (Lipinski definition) is 2. The van der Waals surface area contributed by atoms with Gasteiger partial charge in [0.25, 0.3) is 0 Å². The molecule has 3 nitrogen and oxygen atoms in total. The number of anilines is 1. The predicted molar refractivity (Wildman–Crippen MR) is 103 cm³/mol. The minimum Gasteiger partial charge on any atom is -0.283 e. The van der Waals surface area contributed by atoms with Gasteiger partial charge >= 0.3 is 0 Å². The maximum atomic E-state index is 11.8. The minimum absolute atomic E-state index is 0.623. The number of para-hydroxylation sites is 1. The third kappa shape index (κ3) is 2.83. The third-order valence-electron chi connectivity index (χ3n) is 4.69. The Hall–Kier alpha value is -2.59.